The van der Waals surface area contributed by atoms with E-state index in [1.165, 1.54) is 11.1 Å². The zero-order valence-corrected chi connectivity index (χ0v) is 16.2. The predicted octanol–water partition coefficient (Wildman–Crippen LogP) is 5.34. The maximum atomic E-state index is 12.2. The lowest BCUT2D eigenvalue weighted by molar-refractivity contribution is -0.117. The van der Waals surface area contributed by atoms with E-state index in [1.807, 2.05) is 30.3 Å². The zero-order chi connectivity index (χ0) is 18.6. The Balaban J connectivity index is 1.23. The van der Waals surface area contributed by atoms with E-state index in [4.69, 9.17) is 11.6 Å². The Kier molecular flexibility index (Phi) is 5.61. The summed E-state index contributed by atoms with van der Waals surface area (Å²) < 4.78 is 0. The van der Waals surface area contributed by atoms with Crippen LogP contribution in [0.1, 0.15) is 42.7 Å². The van der Waals surface area contributed by atoms with Crippen molar-refractivity contribution in [1.82, 2.24) is 4.90 Å². The largest absolute Gasteiger partial charge is 0.325 e. The van der Waals surface area contributed by atoms with Crippen LogP contribution in [0.4, 0.5) is 5.69 Å². The second-order valence-corrected chi connectivity index (χ2v) is 7.85. The van der Waals surface area contributed by atoms with Crippen LogP contribution in [0.3, 0.4) is 0 Å². The van der Waals surface area contributed by atoms with Gasteiger partial charge in [0.1, 0.15) is 0 Å². The molecule has 1 N–H and O–H groups in total. The molecule has 0 saturated carbocycles. The predicted molar refractivity (Wildman–Crippen MR) is 112 cm³/mol. The van der Waals surface area contributed by atoms with Gasteiger partial charge in [0.2, 0.25) is 5.91 Å². The minimum Gasteiger partial charge on any atom is -0.325 e. The van der Waals surface area contributed by atoms with E-state index in [9.17, 15) is 4.79 Å². The number of fused-ring (bicyclic) bond motifs is 1. The summed E-state index contributed by atoms with van der Waals surface area (Å²) in [6, 6.07) is 16.2. The highest BCUT2D eigenvalue weighted by molar-refractivity contribution is 6.30. The van der Waals surface area contributed by atoms with Crippen LogP contribution < -0.4 is 5.32 Å². The van der Waals surface area contributed by atoms with Crippen LogP contribution in [-0.4, -0.2) is 30.4 Å². The number of hydrogen-bond donors (Lipinski definition) is 1. The first kappa shape index (κ1) is 18.3. The third-order valence-corrected chi connectivity index (χ3v) is 5.89. The van der Waals surface area contributed by atoms with E-state index in [0.717, 1.165) is 61.6 Å². The highest BCUT2D eigenvalue weighted by Crippen LogP contribution is 2.35. The molecular formula is C23H25ClN2O. The molecule has 0 spiro atoms. The summed E-state index contributed by atoms with van der Waals surface area (Å²) in [5.74, 6) is 0.184. The van der Waals surface area contributed by atoms with Gasteiger partial charge in [-0.15, -0.1) is 0 Å². The number of hydrogen-bond acceptors (Lipinski definition) is 2. The van der Waals surface area contributed by atoms with Crippen molar-refractivity contribution in [2.24, 2.45) is 0 Å². The van der Waals surface area contributed by atoms with Gasteiger partial charge in [-0.25, -0.2) is 0 Å². The van der Waals surface area contributed by atoms with Crippen LogP contribution in [0, 0.1) is 0 Å². The molecule has 140 valence electrons. The molecule has 2 aliphatic rings. The molecule has 4 rings (SSSR count). The SMILES string of the molecule is O=C1Nc2ccccc2C1CCCCN1CC=C(c2ccc(Cl)cc2)CC1. The van der Waals surface area contributed by atoms with Crippen molar-refractivity contribution in [2.75, 3.05) is 25.0 Å². The number of nitrogens with one attached hydrogen (secondary N) is 1. The van der Waals surface area contributed by atoms with Gasteiger partial charge in [-0.2, -0.15) is 0 Å². The number of para-hydroxylation sites is 1. The van der Waals surface area contributed by atoms with Gasteiger partial charge in [-0.05, 0) is 60.7 Å². The maximum absolute atomic E-state index is 12.2. The summed E-state index contributed by atoms with van der Waals surface area (Å²) in [5, 5.41) is 3.78. The van der Waals surface area contributed by atoms with Crippen molar-refractivity contribution in [3.63, 3.8) is 0 Å². The van der Waals surface area contributed by atoms with Gasteiger partial charge in [0.15, 0.2) is 0 Å². The molecule has 0 fully saturated rings. The molecule has 0 aromatic heterocycles. The highest BCUT2D eigenvalue weighted by Gasteiger charge is 2.29. The third kappa shape index (κ3) is 4.26. The molecule has 2 aliphatic heterocycles. The van der Waals surface area contributed by atoms with Crippen molar-refractivity contribution in [2.45, 2.75) is 31.6 Å². The minimum absolute atomic E-state index is 0.0268. The molecule has 1 amide bonds. The van der Waals surface area contributed by atoms with E-state index in [0.29, 0.717) is 0 Å². The van der Waals surface area contributed by atoms with Crippen molar-refractivity contribution in [1.29, 1.82) is 0 Å². The Labute approximate surface area is 166 Å². The Morgan fingerprint density at radius 1 is 1.07 bits per heavy atom. The quantitative estimate of drug-likeness (QED) is 0.686. The summed E-state index contributed by atoms with van der Waals surface area (Å²) in [4.78, 5) is 14.7. The third-order valence-electron chi connectivity index (χ3n) is 5.64. The maximum Gasteiger partial charge on any atom is 0.232 e. The number of anilines is 1. The van der Waals surface area contributed by atoms with E-state index < -0.39 is 0 Å². The number of rotatable bonds is 6. The van der Waals surface area contributed by atoms with Crippen LogP contribution in [-0.2, 0) is 4.79 Å². The van der Waals surface area contributed by atoms with Crippen molar-refractivity contribution < 1.29 is 4.79 Å². The molecule has 2 aromatic rings. The monoisotopic (exact) mass is 380 g/mol. The molecule has 4 heteroatoms. The fraction of sp³-hybridized carbons (Fsp3) is 0.348. The van der Waals surface area contributed by atoms with E-state index in [-0.39, 0.29) is 11.8 Å². The Bertz CT molecular complexity index is 844. The summed E-state index contributed by atoms with van der Waals surface area (Å²) in [5.41, 5.74) is 4.85. The van der Waals surface area contributed by atoms with Crippen LogP contribution in [0.5, 0.6) is 0 Å². The smallest absolute Gasteiger partial charge is 0.232 e. The number of carbonyl (C=O) groups excluding carboxylic acids is 1. The zero-order valence-electron chi connectivity index (χ0n) is 15.5. The molecule has 0 bridgehead atoms. The van der Waals surface area contributed by atoms with Gasteiger partial charge in [-0.1, -0.05) is 54.4 Å². The number of halogens is 1. The second-order valence-electron chi connectivity index (χ2n) is 7.41. The number of carbonyl (C=O) groups is 1. The summed E-state index contributed by atoms with van der Waals surface area (Å²) in [7, 11) is 0. The van der Waals surface area contributed by atoms with Gasteiger partial charge in [0.05, 0.1) is 5.92 Å². The van der Waals surface area contributed by atoms with Gasteiger partial charge in [-0.3, -0.25) is 9.69 Å². The topological polar surface area (TPSA) is 32.3 Å². The van der Waals surface area contributed by atoms with Crippen LogP contribution in [0.25, 0.3) is 5.57 Å². The van der Waals surface area contributed by atoms with E-state index in [2.05, 4.69) is 34.5 Å². The lowest BCUT2D eigenvalue weighted by atomic mass is 9.94. The average Bonchev–Trinajstić information content (AvgIpc) is 3.02. The second kappa shape index (κ2) is 8.28. The summed E-state index contributed by atoms with van der Waals surface area (Å²) >= 11 is 5.98. The summed E-state index contributed by atoms with van der Waals surface area (Å²) in [6.07, 6.45) is 6.57. The molecular weight excluding hydrogens is 356 g/mol. The fourth-order valence-electron chi connectivity index (χ4n) is 4.09. The first-order chi connectivity index (χ1) is 13.2. The first-order valence-electron chi connectivity index (χ1n) is 9.78. The molecule has 1 unspecified atom stereocenters. The molecule has 27 heavy (non-hydrogen) atoms. The lowest BCUT2D eigenvalue weighted by Crippen LogP contribution is -2.29. The Morgan fingerprint density at radius 2 is 1.89 bits per heavy atom. The molecule has 1 atom stereocenters. The molecule has 0 saturated heterocycles. The standard InChI is InChI=1S/C23H25ClN2O/c24-19-10-8-17(9-11-19)18-12-15-26(16-13-18)14-4-3-6-21-20-5-1-2-7-22(20)25-23(21)27/h1-2,5,7-12,21H,3-4,6,13-16H2,(H,25,27). The molecule has 0 radical (unpaired) electrons. The number of unbranched alkanes of at least 4 members (excludes halogenated alkanes) is 1. The molecule has 3 nitrogen and oxygen atoms in total. The van der Waals surface area contributed by atoms with E-state index in [1.54, 1.807) is 0 Å². The van der Waals surface area contributed by atoms with Crippen molar-refractivity contribution in [3.05, 3.63) is 70.8 Å². The molecule has 2 heterocycles. The van der Waals surface area contributed by atoms with Crippen LogP contribution in [0.15, 0.2) is 54.6 Å². The van der Waals surface area contributed by atoms with Gasteiger partial charge in [0.25, 0.3) is 0 Å². The Morgan fingerprint density at radius 3 is 2.67 bits per heavy atom. The fourth-order valence-corrected chi connectivity index (χ4v) is 4.21. The highest BCUT2D eigenvalue weighted by atomic mass is 35.5. The summed E-state index contributed by atoms with van der Waals surface area (Å²) in [6.45, 7) is 3.20. The number of benzene rings is 2. The molecule has 2 aromatic carbocycles. The Hall–Kier alpha value is -2.10. The minimum atomic E-state index is 0.0268. The average molecular weight is 381 g/mol. The van der Waals surface area contributed by atoms with Crippen molar-refractivity contribution >= 4 is 28.8 Å². The lowest BCUT2D eigenvalue weighted by Gasteiger charge is -2.26. The van der Waals surface area contributed by atoms with Crippen LogP contribution >= 0.6 is 11.6 Å². The number of nitrogens with zero attached hydrogens (tertiary/aromatic N) is 1. The first-order valence-corrected chi connectivity index (χ1v) is 10.2. The van der Waals surface area contributed by atoms with Gasteiger partial charge >= 0.3 is 0 Å². The normalized spacial score (nSPS) is 19.5. The molecule has 0 aliphatic carbocycles. The van der Waals surface area contributed by atoms with Crippen LogP contribution in [0.2, 0.25) is 5.02 Å². The van der Waals surface area contributed by atoms with Gasteiger partial charge in [0, 0.05) is 23.8 Å². The number of amides is 1. The van der Waals surface area contributed by atoms with E-state index >= 15 is 0 Å². The van der Waals surface area contributed by atoms with Gasteiger partial charge < -0.3 is 5.32 Å². The van der Waals surface area contributed by atoms with Crippen molar-refractivity contribution in [3.8, 4) is 0 Å².